The third-order valence-corrected chi connectivity index (χ3v) is 6.86. The highest BCUT2D eigenvalue weighted by Gasteiger charge is 2.62. The van der Waals surface area contributed by atoms with Crippen LogP contribution in [0.5, 0.6) is 0 Å². The normalized spacial score (nSPS) is 48.4. The van der Waals surface area contributed by atoms with Crippen LogP contribution < -0.4 is 0 Å². The summed E-state index contributed by atoms with van der Waals surface area (Å²) in [5.74, 6) is 4.45. The van der Waals surface area contributed by atoms with E-state index in [1.54, 1.807) is 6.92 Å². The third kappa shape index (κ3) is 1.86. The number of carbonyl (C=O) groups is 1. The van der Waals surface area contributed by atoms with Gasteiger partial charge in [-0.25, -0.2) is 0 Å². The molecule has 3 fully saturated rings. The molecule has 0 aromatic carbocycles. The number of hydrogen-bond donors (Lipinski definition) is 1. The zero-order valence-corrected chi connectivity index (χ0v) is 12.9. The minimum Gasteiger partial charge on any atom is -0.466 e. The molecule has 3 nitrogen and oxygen atoms in total. The Balaban J connectivity index is 1.57. The lowest BCUT2D eigenvalue weighted by Crippen LogP contribution is -2.41. The van der Waals surface area contributed by atoms with Crippen LogP contribution >= 0.6 is 0 Å². The van der Waals surface area contributed by atoms with Crippen LogP contribution in [-0.4, -0.2) is 23.8 Å². The lowest BCUT2D eigenvalue weighted by atomic mass is 9.65. The van der Waals surface area contributed by atoms with Crippen molar-refractivity contribution in [2.24, 2.45) is 47.3 Å². The van der Waals surface area contributed by atoms with Gasteiger partial charge in [0, 0.05) is 0 Å². The maximum Gasteiger partial charge on any atom is 0.311 e. The number of hydrogen-bond acceptors (Lipinski definition) is 3. The second-order valence-electron chi connectivity index (χ2n) is 7.68. The first-order chi connectivity index (χ1) is 10.1. The Labute approximate surface area is 126 Å². The van der Waals surface area contributed by atoms with Crippen molar-refractivity contribution in [2.75, 3.05) is 6.61 Å². The van der Waals surface area contributed by atoms with Gasteiger partial charge in [0.1, 0.15) is 0 Å². The first kappa shape index (κ1) is 13.8. The minimum atomic E-state index is -0.596. The molecular formula is C18H26O3. The molecule has 21 heavy (non-hydrogen) atoms. The van der Waals surface area contributed by atoms with E-state index in [0.29, 0.717) is 18.4 Å². The average Bonchev–Trinajstić information content (AvgIpc) is 3.17. The number of aliphatic hydroxyl groups excluding tert-OH is 1. The summed E-state index contributed by atoms with van der Waals surface area (Å²) in [6.45, 7) is 4.00. The van der Waals surface area contributed by atoms with Crippen molar-refractivity contribution in [3.63, 3.8) is 0 Å². The standard InChI is InChI=1S/C18H26O3/c1-3-21-18(20)15(9(2)19)13-7-12-8-14(13)17-11-5-4-10(6-11)16(12)17/h4-5,9-17,19H,3,6-8H2,1-2H3. The summed E-state index contributed by atoms with van der Waals surface area (Å²) in [6, 6.07) is 0. The molecule has 9 unspecified atom stereocenters. The number of rotatable bonds is 4. The van der Waals surface area contributed by atoms with Gasteiger partial charge in [0.15, 0.2) is 0 Å². The van der Waals surface area contributed by atoms with E-state index < -0.39 is 6.10 Å². The summed E-state index contributed by atoms with van der Waals surface area (Å²) >= 11 is 0. The van der Waals surface area contributed by atoms with Crippen LogP contribution in [0.25, 0.3) is 0 Å². The predicted molar refractivity (Wildman–Crippen MR) is 79.2 cm³/mol. The third-order valence-electron chi connectivity index (χ3n) is 6.86. The Morgan fingerprint density at radius 3 is 2.62 bits per heavy atom. The van der Waals surface area contributed by atoms with Crippen LogP contribution in [0, 0.1) is 47.3 Å². The lowest BCUT2D eigenvalue weighted by Gasteiger charge is -2.40. The Hall–Kier alpha value is -0.830. The molecule has 4 aliphatic rings. The molecule has 0 spiro atoms. The summed E-state index contributed by atoms with van der Waals surface area (Å²) in [5.41, 5.74) is 0. The number of esters is 1. The van der Waals surface area contributed by atoms with Gasteiger partial charge in [0.05, 0.1) is 18.6 Å². The number of fused-ring (bicyclic) bond motifs is 9. The van der Waals surface area contributed by atoms with E-state index in [9.17, 15) is 9.90 Å². The highest BCUT2D eigenvalue weighted by atomic mass is 16.5. The van der Waals surface area contributed by atoms with Crippen molar-refractivity contribution in [1.29, 1.82) is 0 Å². The van der Waals surface area contributed by atoms with E-state index >= 15 is 0 Å². The Morgan fingerprint density at radius 2 is 1.95 bits per heavy atom. The van der Waals surface area contributed by atoms with E-state index in [1.165, 1.54) is 12.8 Å². The highest BCUT2D eigenvalue weighted by Crippen LogP contribution is 2.68. The van der Waals surface area contributed by atoms with E-state index in [0.717, 1.165) is 36.0 Å². The van der Waals surface area contributed by atoms with E-state index in [1.807, 2.05) is 6.92 Å². The van der Waals surface area contributed by atoms with Gasteiger partial charge in [-0.2, -0.15) is 0 Å². The summed E-state index contributed by atoms with van der Waals surface area (Å²) in [5, 5.41) is 10.2. The molecule has 0 aliphatic heterocycles. The summed E-state index contributed by atoms with van der Waals surface area (Å²) in [4.78, 5) is 12.3. The van der Waals surface area contributed by atoms with Crippen molar-refractivity contribution >= 4 is 5.97 Å². The van der Waals surface area contributed by atoms with E-state index in [2.05, 4.69) is 12.2 Å². The Bertz CT molecular complexity index is 469. The molecule has 9 atom stereocenters. The second kappa shape index (κ2) is 4.84. The fourth-order valence-corrected chi connectivity index (χ4v) is 6.45. The van der Waals surface area contributed by atoms with Crippen molar-refractivity contribution in [3.05, 3.63) is 12.2 Å². The SMILES string of the molecule is CCOC(=O)C(C(C)O)C1CC2CC1C1C3C=CC(C3)C21. The molecule has 4 bridgehead atoms. The van der Waals surface area contributed by atoms with E-state index in [4.69, 9.17) is 4.74 Å². The minimum absolute atomic E-state index is 0.180. The van der Waals surface area contributed by atoms with Gasteiger partial charge in [-0.1, -0.05) is 12.2 Å². The lowest BCUT2D eigenvalue weighted by molar-refractivity contribution is -0.156. The molecule has 0 aromatic heterocycles. The molecule has 0 aromatic rings. The molecule has 0 heterocycles. The van der Waals surface area contributed by atoms with Gasteiger partial charge in [0.2, 0.25) is 0 Å². The van der Waals surface area contributed by atoms with Crippen LogP contribution in [-0.2, 0) is 9.53 Å². The smallest absolute Gasteiger partial charge is 0.311 e. The van der Waals surface area contributed by atoms with Crippen molar-refractivity contribution in [2.45, 2.75) is 39.2 Å². The number of carbonyl (C=O) groups excluding carboxylic acids is 1. The van der Waals surface area contributed by atoms with Gasteiger partial charge < -0.3 is 9.84 Å². The predicted octanol–water partition coefficient (Wildman–Crippen LogP) is 2.64. The molecular weight excluding hydrogens is 264 g/mol. The van der Waals surface area contributed by atoms with Crippen LogP contribution in [0.2, 0.25) is 0 Å². The molecule has 0 amide bonds. The first-order valence-electron chi connectivity index (χ1n) is 8.64. The second-order valence-corrected chi connectivity index (χ2v) is 7.68. The topological polar surface area (TPSA) is 46.5 Å². The molecule has 1 N–H and O–H groups in total. The van der Waals surface area contributed by atoms with Crippen LogP contribution in [0.15, 0.2) is 12.2 Å². The van der Waals surface area contributed by atoms with Crippen LogP contribution in [0.3, 0.4) is 0 Å². The molecule has 4 rings (SSSR count). The van der Waals surface area contributed by atoms with Crippen molar-refractivity contribution < 1.29 is 14.6 Å². The number of ether oxygens (including phenoxy) is 1. The molecule has 0 saturated heterocycles. The molecule has 3 saturated carbocycles. The fraction of sp³-hybridized carbons (Fsp3) is 0.833. The monoisotopic (exact) mass is 290 g/mol. The molecule has 3 heteroatoms. The van der Waals surface area contributed by atoms with E-state index in [-0.39, 0.29) is 11.9 Å². The molecule has 116 valence electrons. The van der Waals surface area contributed by atoms with Gasteiger partial charge in [-0.05, 0) is 74.5 Å². The molecule has 4 aliphatic carbocycles. The van der Waals surface area contributed by atoms with Gasteiger partial charge in [-0.15, -0.1) is 0 Å². The maximum absolute atomic E-state index is 12.3. The van der Waals surface area contributed by atoms with Gasteiger partial charge >= 0.3 is 5.97 Å². The highest BCUT2D eigenvalue weighted by molar-refractivity contribution is 5.73. The Kier molecular flexibility index (Phi) is 3.18. The van der Waals surface area contributed by atoms with Gasteiger partial charge in [-0.3, -0.25) is 4.79 Å². The molecule has 0 radical (unpaired) electrons. The van der Waals surface area contributed by atoms with Crippen molar-refractivity contribution in [3.8, 4) is 0 Å². The summed E-state index contributed by atoms with van der Waals surface area (Å²) in [6.07, 6.45) is 8.01. The maximum atomic E-state index is 12.3. The largest absolute Gasteiger partial charge is 0.466 e. The zero-order valence-electron chi connectivity index (χ0n) is 12.9. The summed E-state index contributed by atoms with van der Waals surface area (Å²) in [7, 11) is 0. The number of allylic oxidation sites excluding steroid dienone is 2. The average molecular weight is 290 g/mol. The van der Waals surface area contributed by atoms with Crippen molar-refractivity contribution in [1.82, 2.24) is 0 Å². The number of aliphatic hydroxyl groups is 1. The Morgan fingerprint density at radius 1 is 1.24 bits per heavy atom. The van der Waals surface area contributed by atoms with Crippen LogP contribution in [0.1, 0.15) is 33.1 Å². The zero-order chi connectivity index (χ0) is 14.7. The summed E-state index contributed by atoms with van der Waals surface area (Å²) < 4.78 is 5.25. The van der Waals surface area contributed by atoms with Crippen LogP contribution in [0.4, 0.5) is 0 Å². The fourth-order valence-electron chi connectivity index (χ4n) is 6.45. The first-order valence-corrected chi connectivity index (χ1v) is 8.64. The van der Waals surface area contributed by atoms with Gasteiger partial charge in [0.25, 0.3) is 0 Å². The quantitative estimate of drug-likeness (QED) is 0.492.